The summed E-state index contributed by atoms with van der Waals surface area (Å²) in [5.74, 6) is -0.644. The summed E-state index contributed by atoms with van der Waals surface area (Å²) in [5.41, 5.74) is 0.00890. The lowest BCUT2D eigenvalue weighted by Gasteiger charge is -2.39. The standard InChI is InChI=1S/C10H16N2O3/c1-10(2-3-10)11-9(15)12-5-7(6-12)4-8(13)14/h7H,2-6H2,1H3,(H,11,15)(H,13,14). The van der Waals surface area contributed by atoms with Crippen molar-refractivity contribution in [1.29, 1.82) is 0 Å². The van der Waals surface area contributed by atoms with Gasteiger partial charge in [0, 0.05) is 24.5 Å². The van der Waals surface area contributed by atoms with Crippen molar-refractivity contribution in [3.05, 3.63) is 0 Å². The molecule has 0 bridgehead atoms. The van der Waals surface area contributed by atoms with E-state index in [1.807, 2.05) is 6.92 Å². The molecule has 1 aliphatic heterocycles. The van der Waals surface area contributed by atoms with Crippen molar-refractivity contribution >= 4 is 12.0 Å². The Hall–Kier alpha value is -1.26. The predicted molar refractivity (Wildman–Crippen MR) is 53.5 cm³/mol. The van der Waals surface area contributed by atoms with E-state index in [1.54, 1.807) is 4.90 Å². The Labute approximate surface area is 88.4 Å². The Balaban J connectivity index is 1.70. The first kappa shape index (κ1) is 10.3. The van der Waals surface area contributed by atoms with Crippen molar-refractivity contribution in [2.45, 2.75) is 31.7 Å². The second-order valence-corrected chi connectivity index (χ2v) is 4.86. The van der Waals surface area contributed by atoms with Crippen LogP contribution in [0.4, 0.5) is 4.79 Å². The first-order chi connectivity index (χ1) is 6.98. The van der Waals surface area contributed by atoms with Crippen molar-refractivity contribution in [3.8, 4) is 0 Å². The highest BCUT2D eigenvalue weighted by molar-refractivity contribution is 5.77. The molecule has 0 atom stereocenters. The van der Waals surface area contributed by atoms with Gasteiger partial charge in [0.1, 0.15) is 0 Å². The van der Waals surface area contributed by atoms with Crippen LogP contribution in [-0.2, 0) is 4.79 Å². The first-order valence-electron chi connectivity index (χ1n) is 5.27. The Morgan fingerprint density at radius 1 is 1.47 bits per heavy atom. The lowest BCUT2D eigenvalue weighted by atomic mass is 9.97. The van der Waals surface area contributed by atoms with Crippen molar-refractivity contribution in [1.82, 2.24) is 10.2 Å². The van der Waals surface area contributed by atoms with Crippen molar-refractivity contribution in [2.24, 2.45) is 5.92 Å². The van der Waals surface area contributed by atoms with Crippen molar-refractivity contribution in [3.63, 3.8) is 0 Å². The number of likely N-dealkylation sites (tertiary alicyclic amines) is 1. The number of nitrogens with zero attached hydrogens (tertiary/aromatic N) is 1. The van der Waals surface area contributed by atoms with Crippen LogP contribution in [0, 0.1) is 5.92 Å². The summed E-state index contributed by atoms with van der Waals surface area (Å²) in [5, 5.41) is 11.5. The largest absolute Gasteiger partial charge is 0.481 e. The molecular weight excluding hydrogens is 196 g/mol. The van der Waals surface area contributed by atoms with E-state index in [4.69, 9.17) is 5.11 Å². The van der Waals surface area contributed by atoms with E-state index in [0.717, 1.165) is 12.8 Å². The van der Waals surface area contributed by atoms with E-state index in [0.29, 0.717) is 13.1 Å². The maximum Gasteiger partial charge on any atom is 0.317 e. The van der Waals surface area contributed by atoms with Gasteiger partial charge in [0.05, 0.1) is 6.42 Å². The second-order valence-electron chi connectivity index (χ2n) is 4.86. The molecule has 1 saturated heterocycles. The molecule has 0 aromatic carbocycles. The number of carbonyl (C=O) groups excluding carboxylic acids is 1. The summed E-state index contributed by atoms with van der Waals surface area (Å²) in [6.45, 7) is 3.18. The van der Waals surface area contributed by atoms with Gasteiger partial charge in [-0.2, -0.15) is 0 Å². The zero-order valence-corrected chi connectivity index (χ0v) is 8.82. The van der Waals surface area contributed by atoms with Gasteiger partial charge < -0.3 is 15.3 Å². The average molecular weight is 212 g/mol. The minimum absolute atomic E-state index is 0.00890. The van der Waals surface area contributed by atoms with Crippen LogP contribution in [-0.4, -0.2) is 40.6 Å². The normalized spacial score (nSPS) is 23.1. The van der Waals surface area contributed by atoms with Gasteiger partial charge in [0.25, 0.3) is 0 Å². The minimum Gasteiger partial charge on any atom is -0.481 e. The van der Waals surface area contributed by atoms with Gasteiger partial charge in [-0.3, -0.25) is 4.79 Å². The predicted octanol–water partition coefficient (Wildman–Crippen LogP) is 0.655. The maximum absolute atomic E-state index is 11.6. The fourth-order valence-corrected chi connectivity index (χ4v) is 1.76. The Morgan fingerprint density at radius 3 is 2.53 bits per heavy atom. The van der Waals surface area contributed by atoms with Crippen LogP contribution in [0.15, 0.2) is 0 Å². The smallest absolute Gasteiger partial charge is 0.317 e. The number of rotatable bonds is 3. The summed E-state index contributed by atoms with van der Waals surface area (Å²) in [7, 11) is 0. The Kier molecular flexibility index (Phi) is 2.32. The summed E-state index contributed by atoms with van der Waals surface area (Å²) >= 11 is 0. The van der Waals surface area contributed by atoms with Gasteiger partial charge in [-0.25, -0.2) is 4.79 Å². The summed E-state index contributed by atoms with van der Waals surface area (Å²) < 4.78 is 0. The van der Waals surface area contributed by atoms with Crippen LogP contribution in [0.1, 0.15) is 26.2 Å². The highest BCUT2D eigenvalue weighted by atomic mass is 16.4. The van der Waals surface area contributed by atoms with E-state index >= 15 is 0 Å². The molecule has 0 aromatic heterocycles. The molecule has 5 heteroatoms. The van der Waals surface area contributed by atoms with Gasteiger partial charge >= 0.3 is 12.0 Å². The molecule has 2 amide bonds. The Morgan fingerprint density at radius 2 is 2.07 bits per heavy atom. The zero-order chi connectivity index (χ0) is 11.1. The van der Waals surface area contributed by atoms with Gasteiger partial charge in [-0.05, 0) is 19.8 Å². The number of nitrogens with one attached hydrogen (secondary N) is 1. The van der Waals surface area contributed by atoms with E-state index < -0.39 is 5.97 Å². The number of aliphatic carboxylic acids is 1. The molecule has 2 fully saturated rings. The van der Waals surface area contributed by atoms with Gasteiger partial charge in [-0.15, -0.1) is 0 Å². The molecule has 84 valence electrons. The van der Waals surface area contributed by atoms with E-state index in [2.05, 4.69) is 5.32 Å². The molecule has 1 heterocycles. The molecule has 0 spiro atoms. The average Bonchev–Trinajstić information content (AvgIpc) is 2.74. The quantitative estimate of drug-likeness (QED) is 0.721. The van der Waals surface area contributed by atoms with E-state index in [9.17, 15) is 9.59 Å². The number of carboxylic acid groups (broad SMARTS) is 1. The van der Waals surface area contributed by atoms with Crippen LogP contribution < -0.4 is 5.32 Å². The highest BCUT2D eigenvalue weighted by Crippen LogP contribution is 2.34. The van der Waals surface area contributed by atoms with E-state index in [1.165, 1.54) is 0 Å². The number of hydrogen-bond acceptors (Lipinski definition) is 2. The molecule has 0 unspecified atom stereocenters. The monoisotopic (exact) mass is 212 g/mol. The molecule has 2 rings (SSSR count). The van der Waals surface area contributed by atoms with E-state index in [-0.39, 0.29) is 23.9 Å². The molecule has 15 heavy (non-hydrogen) atoms. The minimum atomic E-state index is -0.783. The molecule has 1 aliphatic carbocycles. The molecule has 2 N–H and O–H groups in total. The number of carbonyl (C=O) groups is 2. The van der Waals surface area contributed by atoms with Crippen LogP contribution in [0.2, 0.25) is 0 Å². The van der Waals surface area contributed by atoms with Crippen LogP contribution in [0.25, 0.3) is 0 Å². The highest BCUT2D eigenvalue weighted by Gasteiger charge is 2.41. The number of amides is 2. The maximum atomic E-state index is 11.6. The number of urea groups is 1. The fourth-order valence-electron chi connectivity index (χ4n) is 1.76. The first-order valence-corrected chi connectivity index (χ1v) is 5.27. The topological polar surface area (TPSA) is 69.6 Å². The second kappa shape index (κ2) is 3.40. The summed E-state index contributed by atoms with van der Waals surface area (Å²) in [4.78, 5) is 23.7. The van der Waals surface area contributed by atoms with Gasteiger partial charge in [0.2, 0.25) is 0 Å². The lowest BCUT2D eigenvalue weighted by molar-refractivity contribution is -0.139. The zero-order valence-electron chi connectivity index (χ0n) is 8.82. The number of hydrogen-bond donors (Lipinski definition) is 2. The molecule has 0 aromatic rings. The molecule has 0 radical (unpaired) electrons. The molecule has 1 saturated carbocycles. The SMILES string of the molecule is CC1(NC(=O)N2CC(CC(=O)O)C2)CC1. The van der Waals surface area contributed by atoms with Crippen LogP contribution in [0.5, 0.6) is 0 Å². The summed E-state index contributed by atoms with van der Waals surface area (Å²) in [6, 6.07) is -0.0448. The van der Waals surface area contributed by atoms with Crippen LogP contribution in [0.3, 0.4) is 0 Å². The van der Waals surface area contributed by atoms with Crippen molar-refractivity contribution < 1.29 is 14.7 Å². The molecule has 2 aliphatic rings. The van der Waals surface area contributed by atoms with Crippen LogP contribution >= 0.6 is 0 Å². The number of carboxylic acids is 1. The van der Waals surface area contributed by atoms with Gasteiger partial charge in [-0.1, -0.05) is 0 Å². The third-order valence-corrected chi connectivity index (χ3v) is 3.12. The lowest BCUT2D eigenvalue weighted by Crippen LogP contribution is -2.56. The summed E-state index contributed by atoms with van der Waals surface area (Å²) in [6.07, 6.45) is 2.26. The fraction of sp³-hybridized carbons (Fsp3) is 0.800. The van der Waals surface area contributed by atoms with Crippen molar-refractivity contribution in [2.75, 3.05) is 13.1 Å². The third-order valence-electron chi connectivity index (χ3n) is 3.12. The third kappa shape index (κ3) is 2.40. The Bertz CT molecular complexity index is 293. The molecular formula is C10H16N2O3. The molecule has 5 nitrogen and oxygen atoms in total. The van der Waals surface area contributed by atoms with Gasteiger partial charge in [0.15, 0.2) is 0 Å².